The molecule has 0 aromatic heterocycles. The summed E-state index contributed by atoms with van der Waals surface area (Å²) < 4.78 is 5.60. The Hall–Kier alpha value is -2.29. The molecule has 0 bridgehead atoms. The van der Waals surface area contributed by atoms with E-state index in [1.807, 2.05) is 48.5 Å². The quantitative estimate of drug-likeness (QED) is 0.830. The molecule has 0 saturated heterocycles. The Morgan fingerprint density at radius 2 is 1.83 bits per heavy atom. The van der Waals surface area contributed by atoms with Gasteiger partial charge in [-0.2, -0.15) is 0 Å². The number of fused-ring (bicyclic) bond motifs is 1. The Bertz CT molecular complexity index is 578. The number of nitrogens with one attached hydrogen (secondary N) is 1. The molecule has 0 saturated carbocycles. The van der Waals surface area contributed by atoms with Gasteiger partial charge in [-0.05, 0) is 23.3 Å². The fourth-order valence-corrected chi connectivity index (χ4v) is 2.06. The van der Waals surface area contributed by atoms with E-state index in [1.165, 1.54) is 0 Å². The molecule has 0 spiro atoms. The van der Waals surface area contributed by atoms with E-state index in [-0.39, 0.29) is 5.91 Å². The Labute approximate surface area is 105 Å². The zero-order valence-corrected chi connectivity index (χ0v) is 9.85. The Morgan fingerprint density at radius 3 is 2.67 bits per heavy atom. The molecule has 18 heavy (non-hydrogen) atoms. The third-order valence-corrected chi connectivity index (χ3v) is 2.98. The second-order valence-corrected chi connectivity index (χ2v) is 4.18. The van der Waals surface area contributed by atoms with Crippen molar-refractivity contribution >= 4 is 5.91 Å². The fourth-order valence-electron chi connectivity index (χ4n) is 2.06. The van der Waals surface area contributed by atoms with E-state index in [4.69, 9.17) is 4.74 Å². The van der Waals surface area contributed by atoms with Crippen molar-refractivity contribution in [1.29, 1.82) is 0 Å². The molecule has 1 aliphatic rings. The highest BCUT2D eigenvalue weighted by Gasteiger charge is 2.16. The monoisotopic (exact) mass is 239 g/mol. The van der Waals surface area contributed by atoms with Crippen molar-refractivity contribution < 1.29 is 9.53 Å². The highest BCUT2D eigenvalue weighted by atomic mass is 16.5. The number of amides is 1. The average molecular weight is 239 g/mol. The number of rotatable bonds is 1. The van der Waals surface area contributed by atoms with E-state index in [2.05, 4.69) is 5.32 Å². The second kappa shape index (κ2) is 4.53. The highest BCUT2D eigenvalue weighted by molar-refractivity contribution is 5.97. The van der Waals surface area contributed by atoms with Crippen LogP contribution in [0.2, 0.25) is 0 Å². The van der Waals surface area contributed by atoms with Crippen molar-refractivity contribution in [3.63, 3.8) is 0 Å². The summed E-state index contributed by atoms with van der Waals surface area (Å²) in [5, 5.41) is 2.80. The van der Waals surface area contributed by atoms with Crippen LogP contribution in [0.3, 0.4) is 0 Å². The van der Waals surface area contributed by atoms with E-state index >= 15 is 0 Å². The normalized spacial score (nSPS) is 14.1. The average Bonchev–Trinajstić information content (AvgIpc) is 2.61. The first-order chi connectivity index (χ1) is 8.84. The predicted octanol–water partition coefficient (Wildman–Crippen LogP) is 2.48. The van der Waals surface area contributed by atoms with Crippen LogP contribution < -0.4 is 10.1 Å². The van der Waals surface area contributed by atoms with Crippen molar-refractivity contribution in [1.82, 2.24) is 5.32 Å². The van der Waals surface area contributed by atoms with Gasteiger partial charge in [-0.15, -0.1) is 0 Å². The minimum Gasteiger partial charge on any atom is -0.491 e. The molecule has 2 aromatic rings. The summed E-state index contributed by atoms with van der Waals surface area (Å²) in [4.78, 5) is 11.8. The lowest BCUT2D eigenvalue weighted by atomic mass is 10.0. The summed E-state index contributed by atoms with van der Waals surface area (Å²) >= 11 is 0. The van der Waals surface area contributed by atoms with Crippen molar-refractivity contribution in [3.8, 4) is 16.9 Å². The molecule has 0 radical (unpaired) electrons. The smallest absolute Gasteiger partial charge is 0.255 e. The fraction of sp³-hybridized carbons (Fsp3) is 0.133. The van der Waals surface area contributed by atoms with E-state index in [0.717, 1.165) is 11.1 Å². The van der Waals surface area contributed by atoms with Crippen molar-refractivity contribution in [2.24, 2.45) is 0 Å². The zero-order chi connectivity index (χ0) is 12.4. The Kier molecular flexibility index (Phi) is 2.73. The molecule has 3 rings (SSSR count). The largest absolute Gasteiger partial charge is 0.491 e. The SMILES string of the molecule is O=C1NCCOc2cc(-c3ccccc3)ccc21. The van der Waals surface area contributed by atoms with Crippen LogP contribution in [0, 0.1) is 0 Å². The summed E-state index contributed by atoms with van der Waals surface area (Å²) in [7, 11) is 0. The van der Waals surface area contributed by atoms with Crippen LogP contribution in [-0.2, 0) is 0 Å². The van der Waals surface area contributed by atoms with Gasteiger partial charge in [0.15, 0.2) is 0 Å². The summed E-state index contributed by atoms with van der Waals surface area (Å²) in [6.07, 6.45) is 0. The molecule has 3 heteroatoms. The van der Waals surface area contributed by atoms with Gasteiger partial charge in [0.1, 0.15) is 12.4 Å². The summed E-state index contributed by atoms with van der Waals surface area (Å²) in [6, 6.07) is 15.7. The van der Waals surface area contributed by atoms with Gasteiger partial charge in [-0.1, -0.05) is 36.4 Å². The van der Waals surface area contributed by atoms with Crippen LogP contribution in [0.1, 0.15) is 10.4 Å². The maximum atomic E-state index is 11.8. The van der Waals surface area contributed by atoms with Gasteiger partial charge in [0.2, 0.25) is 0 Å². The minimum atomic E-state index is -0.0675. The standard InChI is InChI=1S/C15H13NO2/c17-15-13-7-6-12(11-4-2-1-3-5-11)10-14(13)18-9-8-16-15/h1-7,10H,8-9H2,(H,16,17). The molecular weight excluding hydrogens is 226 g/mol. The summed E-state index contributed by atoms with van der Waals surface area (Å²) in [5.41, 5.74) is 2.78. The Morgan fingerprint density at radius 1 is 1.00 bits per heavy atom. The number of hydrogen-bond donors (Lipinski definition) is 1. The molecule has 90 valence electrons. The third-order valence-electron chi connectivity index (χ3n) is 2.98. The highest BCUT2D eigenvalue weighted by Crippen LogP contribution is 2.28. The van der Waals surface area contributed by atoms with E-state index in [9.17, 15) is 4.79 Å². The number of carbonyl (C=O) groups is 1. The molecule has 0 aliphatic carbocycles. The van der Waals surface area contributed by atoms with Gasteiger partial charge in [0.05, 0.1) is 12.1 Å². The topological polar surface area (TPSA) is 38.3 Å². The van der Waals surface area contributed by atoms with Crippen LogP contribution in [0.5, 0.6) is 5.75 Å². The van der Waals surface area contributed by atoms with Crippen LogP contribution in [0.25, 0.3) is 11.1 Å². The van der Waals surface area contributed by atoms with Crippen LogP contribution >= 0.6 is 0 Å². The van der Waals surface area contributed by atoms with E-state index in [0.29, 0.717) is 24.5 Å². The van der Waals surface area contributed by atoms with E-state index < -0.39 is 0 Å². The first-order valence-corrected chi connectivity index (χ1v) is 5.95. The first-order valence-electron chi connectivity index (χ1n) is 5.95. The van der Waals surface area contributed by atoms with Gasteiger partial charge in [-0.3, -0.25) is 4.79 Å². The molecule has 1 aliphatic heterocycles. The van der Waals surface area contributed by atoms with E-state index in [1.54, 1.807) is 0 Å². The van der Waals surface area contributed by atoms with Gasteiger partial charge in [0.25, 0.3) is 5.91 Å². The number of hydrogen-bond acceptors (Lipinski definition) is 2. The maximum Gasteiger partial charge on any atom is 0.255 e. The summed E-state index contributed by atoms with van der Waals surface area (Å²) in [6.45, 7) is 1.06. The van der Waals surface area contributed by atoms with Crippen LogP contribution in [0.4, 0.5) is 0 Å². The molecule has 1 amide bonds. The van der Waals surface area contributed by atoms with Crippen molar-refractivity contribution in [2.75, 3.05) is 13.2 Å². The van der Waals surface area contributed by atoms with Gasteiger partial charge >= 0.3 is 0 Å². The number of ether oxygens (including phenoxy) is 1. The molecule has 0 fully saturated rings. The maximum absolute atomic E-state index is 11.8. The molecule has 0 unspecified atom stereocenters. The van der Waals surface area contributed by atoms with Crippen LogP contribution in [-0.4, -0.2) is 19.1 Å². The van der Waals surface area contributed by atoms with Gasteiger partial charge < -0.3 is 10.1 Å². The van der Waals surface area contributed by atoms with Crippen LogP contribution in [0.15, 0.2) is 48.5 Å². The summed E-state index contributed by atoms with van der Waals surface area (Å²) in [5.74, 6) is 0.591. The number of benzene rings is 2. The number of carbonyl (C=O) groups excluding carboxylic acids is 1. The molecule has 3 nitrogen and oxygen atoms in total. The minimum absolute atomic E-state index is 0.0675. The van der Waals surface area contributed by atoms with Crippen molar-refractivity contribution in [2.45, 2.75) is 0 Å². The molecule has 2 aromatic carbocycles. The van der Waals surface area contributed by atoms with Gasteiger partial charge in [-0.25, -0.2) is 0 Å². The second-order valence-electron chi connectivity index (χ2n) is 4.18. The van der Waals surface area contributed by atoms with Crippen molar-refractivity contribution in [3.05, 3.63) is 54.1 Å². The molecule has 0 atom stereocenters. The lowest BCUT2D eigenvalue weighted by molar-refractivity contribution is 0.0957. The molecule has 1 N–H and O–H groups in total. The predicted molar refractivity (Wildman–Crippen MR) is 69.7 cm³/mol. The molecule has 1 heterocycles. The Balaban J connectivity index is 2.06. The lowest BCUT2D eigenvalue weighted by Crippen LogP contribution is -2.24. The first kappa shape index (κ1) is 10.8. The third kappa shape index (κ3) is 1.95. The lowest BCUT2D eigenvalue weighted by Gasteiger charge is -2.08. The molecular formula is C15H13NO2. The zero-order valence-electron chi connectivity index (χ0n) is 9.85. The van der Waals surface area contributed by atoms with Gasteiger partial charge in [0, 0.05) is 0 Å².